The van der Waals surface area contributed by atoms with Crippen molar-refractivity contribution in [2.75, 3.05) is 45.0 Å². The predicted octanol–water partition coefficient (Wildman–Crippen LogP) is 3.49. The molecule has 44 heavy (non-hydrogen) atoms. The zero-order chi connectivity index (χ0) is 31.5. The van der Waals surface area contributed by atoms with Crippen molar-refractivity contribution in [3.8, 4) is 0 Å². The summed E-state index contributed by atoms with van der Waals surface area (Å²) in [5.74, 6) is 1.50. The lowest BCUT2D eigenvalue weighted by molar-refractivity contribution is -0.695. The second-order valence-electron chi connectivity index (χ2n) is 12.8. The number of aryl methyl sites for hydroxylation is 1. The number of alkyl halides is 1. The van der Waals surface area contributed by atoms with E-state index in [1.54, 1.807) is 20.3 Å². The summed E-state index contributed by atoms with van der Waals surface area (Å²) in [5, 5.41) is 4.78. The summed E-state index contributed by atoms with van der Waals surface area (Å²) in [6.45, 7) is 8.74. The van der Waals surface area contributed by atoms with Gasteiger partial charge in [0.15, 0.2) is 5.69 Å². The van der Waals surface area contributed by atoms with Gasteiger partial charge in [-0.2, -0.15) is 0 Å². The number of nitrogens with zero attached hydrogens (tertiary/aromatic N) is 9. The Kier molecular flexibility index (Phi) is 10.0. The van der Waals surface area contributed by atoms with E-state index in [1.165, 1.54) is 11.1 Å². The molecule has 0 N–H and O–H groups in total. The average Bonchev–Trinajstić information content (AvgIpc) is 3.62. The first-order valence-electron chi connectivity index (χ1n) is 15.9. The molecule has 0 spiro atoms. The maximum absolute atomic E-state index is 13.7. The van der Waals surface area contributed by atoms with Crippen molar-refractivity contribution in [2.45, 2.75) is 84.1 Å². The number of fused-ring (bicyclic) bond motifs is 1. The van der Waals surface area contributed by atoms with Gasteiger partial charge in [-0.3, -0.25) is 19.5 Å². The first-order valence-corrected chi connectivity index (χ1v) is 16.4. The van der Waals surface area contributed by atoms with Gasteiger partial charge in [0.2, 0.25) is 0 Å². The number of rotatable bonds is 10. The zero-order valence-corrected chi connectivity index (χ0v) is 27.7. The highest BCUT2D eigenvalue weighted by Crippen LogP contribution is 2.29. The van der Waals surface area contributed by atoms with E-state index in [-0.39, 0.29) is 29.9 Å². The minimum atomic E-state index is -0.155. The molecule has 4 atom stereocenters. The van der Waals surface area contributed by atoms with E-state index in [9.17, 15) is 9.59 Å². The molecule has 5 rings (SSSR count). The topological polar surface area (TPSA) is 94.1 Å². The molecule has 3 aromatic heterocycles. The number of aromatic nitrogens is 5. The molecule has 11 nitrogen and oxygen atoms in total. The van der Waals surface area contributed by atoms with E-state index in [0.717, 1.165) is 62.2 Å². The Labute approximate surface area is 265 Å². The van der Waals surface area contributed by atoms with Crippen LogP contribution in [0.4, 0.5) is 5.82 Å². The number of carbonyl (C=O) groups excluding carboxylic acids is 2. The number of amides is 2. The number of piperidine rings is 1. The number of anilines is 1. The first-order chi connectivity index (χ1) is 21.1. The van der Waals surface area contributed by atoms with Crippen molar-refractivity contribution < 1.29 is 14.2 Å². The Morgan fingerprint density at radius 3 is 2.52 bits per heavy atom. The van der Waals surface area contributed by atoms with Crippen molar-refractivity contribution in [3.63, 3.8) is 0 Å². The lowest BCUT2D eigenvalue weighted by atomic mass is 9.97. The van der Waals surface area contributed by atoms with Crippen LogP contribution in [0.1, 0.15) is 79.4 Å². The van der Waals surface area contributed by atoms with Gasteiger partial charge in [-0.1, -0.05) is 18.4 Å². The van der Waals surface area contributed by atoms with Crippen LogP contribution in [0.2, 0.25) is 0 Å². The third-order valence-corrected chi connectivity index (χ3v) is 9.42. The largest absolute Gasteiger partial charge is 0.353 e. The van der Waals surface area contributed by atoms with Crippen LogP contribution in [0.3, 0.4) is 0 Å². The Hall–Kier alpha value is -3.31. The van der Waals surface area contributed by atoms with E-state index >= 15 is 0 Å². The van der Waals surface area contributed by atoms with Gasteiger partial charge in [-0.25, -0.2) is 9.55 Å². The second kappa shape index (κ2) is 13.8. The van der Waals surface area contributed by atoms with Crippen molar-refractivity contribution in [1.82, 2.24) is 34.3 Å². The third kappa shape index (κ3) is 6.68. The first kappa shape index (κ1) is 32.1. The van der Waals surface area contributed by atoms with Gasteiger partial charge in [0, 0.05) is 56.8 Å². The number of hydrogen-bond acceptors (Lipinski definition) is 7. The van der Waals surface area contributed by atoms with Crippen LogP contribution in [0.5, 0.6) is 0 Å². The fourth-order valence-electron chi connectivity index (χ4n) is 6.94. The molecule has 0 aromatic carbocycles. The van der Waals surface area contributed by atoms with Gasteiger partial charge in [0.25, 0.3) is 11.8 Å². The fraction of sp³-hybridized carbons (Fsp3) is 0.625. The summed E-state index contributed by atoms with van der Waals surface area (Å²) >= 11 is 6.16. The lowest BCUT2D eigenvalue weighted by Crippen LogP contribution is -2.49. The van der Waals surface area contributed by atoms with Crippen LogP contribution in [0, 0.1) is 5.92 Å². The maximum Gasteiger partial charge on any atom is 0.310 e. The monoisotopic (exact) mass is 624 g/mol. The average molecular weight is 625 g/mol. The normalized spacial score (nSPS) is 22.3. The van der Waals surface area contributed by atoms with Crippen LogP contribution in [0.25, 0.3) is 5.65 Å². The number of likely N-dealkylation sites (tertiary alicyclic amines) is 1. The molecule has 2 aliphatic heterocycles. The van der Waals surface area contributed by atoms with Crippen LogP contribution < -0.4 is 9.47 Å². The van der Waals surface area contributed by atoms with Gasteiger partial charge in [-0.15, -0.1) is 16.1 Å². The number of carbonyl (C=O) groups is 2. The lowest BCUT2D eigenvalue weighted by Gasteiger charge is -2.38. The van der Waals surface area contributed by atoms with Gasteiger partial charge in [0.05, 0.1) is 24.7 Å². The van der Waals surface area contributed by atoms with Crippen LogP contribution in [0.15, 0.2) is 30.9 Å². The molecule has 0 radical (unpaired) electrons. The molecule has 0 bridgehead atoms. The van der Waals surface area contributed by atoms with Crippen LogP contribution >= 0.6 is 11.6 Å². The summed E-state index contributed by atoms with van der Waals surface area (Å²) in [6, 6.07) is 2.59. The van der Waals surface area contributed by atoms with Crippen LogP contribution in [-0.2, 0) is 13.1 Å². The van der Waals surface area contributed by atoms with E-state index in [0.29, 0.717) is 36.3 Å². The Balaban J connectivity index is 1.41. The Bertz CT molecular complexity index is 1470. The van der Waals surface area contributed by atoms with Gasteiger partial charge >= 0.3 is 5.65 Å². The van der Waals surface area contributed by atoms with Crippen molar-refractivity contribution in [1.29, 1.82) is 0 Å². The van der Waals surface area contributed by atoms with Gasteiger partial charge in [-0.05, 0) is 58.9 Å². The SMILES string of the molecule is CCCC1CN(c2cncc(C(=O)N(C)C)n2)CC1N(C)C[n+]1cc(CCCl)cn2nc(C(=O)N3C(C)CCCC3C)cc21. The Morgan fingerprint density at radius 2 is 1.84 bits per heavy atom. The van der Waals surface area contributed by atoms with E-state index < -0.39 is 0 Å². The molecule has 2 aliphatic rings. The summed E-state index contributed by atoms with van der Waals surface area (Å²) in [5.41, 5.74) is 2.77. The van der Waals surface area contributed by atoms with Crippen molar-refractivity contribution in [3.05, 3.63) is 47.8 Å². The highest BCUT2D eigenvalue weighted by atomic mass is 35.5. The zero-order valence-electron chi connectivity index (χ0n) is 27.0. The van der Waals surface area contributed by atoms with E-state index in [2.05, 4.69) is 58.4 Å². The van der Waals surface area contributed by atoms with Crippen LogP contribution in [-0.4, -0.2) is 104 Å². The maximum atomic E-state index is 13.7. The molecular formula is C32H47ClN9O2+. The summed E-state index contributed by atoms with van der Waals surface area (Å²) in [7, 11) is 5.60. The molecule has 4 unspecified atom stereocenters. The number of likely N-dealkylation sites (N-methyl/N-ethyl adjacent to an activating group) is 1. The minimum Gasteiger partial charge on any atom is -0.353 e. The second-order valence-corrected chi connectivity index (χ2v) is 13.2. The smallest absolute Gasteiger partial charge is 0.310 e. The molecule has 2 fully saturated rings. The molecule has 238 valence electrons. The molecule has 3 aromatic rings. The highest BCUT2D eigenvalue weighted by molar-refractivity contribution is 6.17. The van der Waals surface area contributed by atoms with Crippen molar-refractivity contribution in [2.24, 2.45) is 5.92 Å². The molecule has 12 heteroatoms. The van der Waals surface area contributed by atoms with E-state index in [1.807, 2.05) is 21.7 Å². The fourth-order valence-corrected chi connectivity index (χ4v) is 7.16. The highest BCUT2D eigenvalue weighted by Gasteiger charge is 2.37. The molecule has 0 saturated carbocycles. The molecular weight excluding hydrogens is 578 g/mol. The summed E-state index contributed by atoms with van der Waals surface area (Å²) in [4.78, 5) is 43.4. The van der Waals surface area contributed by atoms with E-state index in [4.69, 9.17) is 16.7 Å². The molecule has 2 amide bonds. The minimum absolute atomic E-state index is 0.00210. The quantitative estimate of drug-likeness (QED) is 0.252. The number of halogens is 1. The van der Waals surface area contributed by atoms with Crippen molar-refractivity contribution >= 4 is 34.9 Å². The van der Waals surface area contributed by atoms with Gasteiger partial charge < -0.3 is 14.7 Å². The third-order valence-electron chi connectivity index (χ3n) is 9.23. The number of hydrogen-bond donors (Lipinski definition) is 0. The molecule has 0 aliphatic carbocycles. The summed E-state index contributed by atoms with van der Waals surface area (Å²) < 4.78 is 4.03. The standard InChI is InChI=1S/C32H47ClN9O2/c1-7-9-25-19-39(29-16-34-15-27(35-29)31(43)37(4)5)20-28(25)38(6)21-40-17-24(12-13-33)18-41-30(40)14-26(36-41)32(44)42-22(2)10-8-11-23(42)3/h14-18,22-23,25,28H,7-13,19-21H2,1-6H3/q+1. The predicted molar refractivity (Wildman–Crippen MR) is 171 cm³/mol. The summed E-state index contributed by atoms with van der Waals surface area (Å²) in [6.07, 6.45) is 13.5. The molecule has 5 heterocycles. The molecule has 2 saturated heterocycles. The van der Waals surface area contributed by atoms with Gasteiger partial charge in [0.1, 0.15) is 24.4 Å². The Morgan fingerprint density at radius 1 is 1.09 bits per heavy atom.